The van der Waals surface area contributed by atoms with Gasteiger partial charge in [-0.1, -0.05) is 44.5 Å². The molecule has 1 aromatic carbocycles. The summed E-state index contributed by atoms with van der Waals surface area (Å²) >= 11 is 6.02. The molecule has 0 radical (unpaired) electrons. The van der Waals surface area contributed by atoms with Crippen LogP contribution in [0.5, 0.6) is 0 Å². The Kier molecular flexibility index (Phi) is 5.48. The number of nitrogens with zero attached hydrogens (tertiary/aromatic N) is 3. The molecule has 1 aliphatic carbocycles. The molecule has 3 rings (SSSR count). The van der Waals surface area contributed by atoms with Crippen LogP contribution in [-0.2, 0) is 12.8 Å². The number of benzene rings is 1. The summed E-state index contributed by atoms with van der Waals surface area (Å²) in [5.41, 5.74) is 2.92. The summed E-state index contributed by atoms with van der Waals surface area (Å²) in [7, 11) is 0. The Hall–Kier alpha value is -2.12. The van der Waals surface area contributed by atoms with Gasteiger partial charge < -0.3 is 5.32 Å². The van der Waals surface area contributed by atoms with Gasteiger partial charge in [0.1, 0.15) is 6.07 Å². The highest BCUT2D eigenvalue weighted by molar-refractivity contribution is 6.30. The number of nitriles is 1. The average molecular weight is 369 g/mol. The lowest BCUT2D eigenvalue weighted by Gasteiger charge is -2.51. The average Bonchev–Trinajstić information content (AvgIpc) is 2.62. The Morgan fingerprint density at radius 3 is 2.85 bits per heavy atom. The van der Waals surface area contributed by atoms with Crippen LogP contribution in [0.4, 0.5) is 5.95 Å². The molecule has 1 N–H and O–H groups in total. The number of nitrogens with one attached hydrogen (secondary N) is 1. The van der Waals surface area contributed by atoms with Crippen molar-refractivity contribution in [3.8, 4) is 6.07 Å². The second-order valence-corrected chi connectivity index (χ2v) is 8.27. The van der Waals surface area contributed by atoms with E-state index >= 15 is 0 Å². The zero-order chi connectivity index (χ0) is 18.7. The van der Waals surface area contributed by atoms with Gasteiger partial charge in [0.2, 0.25) is 5.95 Å². The van der Waals surface area contributed by atoms with E-state index in [1.165, 1.54) is 12.0 Å². The number of rotatable bonds is 6. The largest absolute Gasteiger partial charge is 0.354 e. The number of hydrogen-bond acceptors (Lipinski definition) is 4. The van der Waals surface area contributed by atoms with Gasteiger partial charge in [0.25, 0.3) is 0 Å². The van der Waals surface area contributed by atoms with E-state index in [4.69, 9.17) is 11.6 Å². The van der Waals surface area contributed by atoms with Crippen LogP contribution in [0.15, 0.2) is 30.5 Å². The summed E-state index contributed by atoms with van der Waals surface area (Å²) in [4.78, 5) is 8.92. The highest BCUT2D eigenvalue weighted by Crippen LogP contribution is 2.52. The molecular formula is C21H25ClN4. The molecule has 1 heterocycles. The third kappa shape index (κ3) is 3.99. The van der Waals surface area contributed by atoms with Gasteiger partial charge in [-0.2, -0.15) is 5.26 Å². The van der Waals surface area contributed by atoms with Gasteiger partial charge in [-0.25, -0.2) is 9.97 Å². The van der Waals surface area contributed by atoms with Gasteiger partial charge in [-0.15, -0.1) is 0 Å². The predicted molar refractivity (Wildman–Crippen MR) is 105 cm³/mol. The molecule has 0 amide bonds. The first kappa shape index (κ1) is 18.7. The van der Waals surface area contributed by atoms with Crippen molar-refractivity contribution in [2.75, 3.05) is 11.9 Å². The molecule has 1 saturated carbocycles. The van der Waals surface area contributed by atoms with E-state index < -0.39 is 0 Å². The normalized spacial score (nSPS) is 20.9. The van der Waals surface area contributed by atoms with E-state index in [0.29, 0.717) is 22.8 Å². The molecule has 5 heteroatoms. The van der Waals surface area contributed by atoms with Crippen LogP contribution in [0, 0.1) is 28.6 Å². The molecule has 2 atom stereocenters. The Morgan fingerprint density at radius 2 is 2.19 bits per heavy atom. The number of hydrogen-bond donors (Lipinski definition) is 1. The molecule has 0 bridgehead atoms. The van der Waals surface area contributed by atoms with Gasteiger partial charge in [0.15, 0.2) is 0 Å². The lowest BCUT2D eigenvalue weighted by molar-refractivity contribution is -0.00772. The summed E-state index contributed by atoms with van der Waals surface area (Å²) < 4.78 is 0. The fourth-order valence-electron chi connectivity index (χ4n) is 3.62. The highest BCUT2D eigenvalue weighted by atomic mass is 35.5. The van der Waals surface area contributed by atoms with E-state index in [0.717, 1.165) is 36.0 Å². The molecule has 0 unspecified atom stereocenters. The number of anilines is 1. The van der Waals surface area contributed by atoms with Crippen LogP contribution in [0.25, 0.3) is 0 Å². The summed E-state index contributed by atoms with van der Waals surface area (Å²) in [6.45, 7) is 7.63. The number of aromatic nitrogens is 2. The van der Waals surface area contributed by atoms with Crippen molar-refractivity contribution in [1.29, 1.82) is 5.26 Å². The fourth-order valence-corrected chi connectivity index (χ4v) is 3.83. The third-order valence-electron chi connectivity index (χ3n) is 5.97. The fraction of sp³-hybridized carbons (Fsp3) is 0.476. The Labute approximate surface area is 160 Å². The summed E-state index contributed by atoms with van der Waals surface area (Å²) in [5, 5.41) is 13.4. The zero-order valence-corrected chi connectivity index (χ0v) is 16.3. The molecule has 0 spiro atoms. The molecule has 1 fully saturated rings. The van der Waals surface area contributed by atoms with E-state index in [1.807, 2.05) is 18.2 Å². The first-order valence-corrected chi connectivity index (χ1v) is 9.52. The molecule has 2 aromatic rings. The number of halogens is 1. The molecular weight excluding hydrogens is 344 g/mol. The van der Waals surface area contributed by atoms with Crippen LogP contribution in [-0.4, -0.2) is 16.5 Å². The monoisotopic (exact) mass is 368 g/mol. The second kappa shape index (κ2) is 7.63. The van der Waals surface area contributed by atoms with Crippen LogP contribution < -0.4 is 5.32 Å². The van der Waals surface area contributed by atoms with Crippen molar-refractivity contribution in [1.82, 2.24) is 9.97 Å². The van der Waals surface area contributed by atoms with Gasteiger partial charge in [0, 0.05) is 11.6 Å². The van der Waals surface area contributed by atoms with Crippen molar-refractivity contribution in [3.63, 3.8) is 0 Å². The first-order chi connectivity index (χ1) is 12.4. The van der Waals surface area contributed by atoms with Crippen molar-refractivity contribution in [3.05, 3.63) is 52.3 Å². The van der Waals surface area contributed by atoms with E-state index in [9.17, 15) is 5.26 Å². The van der Waals surface area contributed by atoms with Gasteiger partial charge in [-0.3, -0.25) is 0 Å². The van der Waals surface area contributed by atoms with Gasteiger partial charge >= 0.3 is 0 Å². The second-order valence-electron chi connectivity index (χ2n) is 7.83. The molecule has 4 nitrogen and oxygen atoms in total. The smallest absolute Gasteiger partial charge is 0.222 e. The van der Waals surface area contributed by atoms with Crippen molar-refractivity contribution in [2.24, 2.45) is 17.3 Å². The minimum absolute atomic E-state index is 0.303. The van der Waals surface area contributed by atoms with Gasteiger partial charge in [0.05, 0.1) is 17.5 Å². The third-order valence-corrected chi connectivity index (χ3v) is 6.21. The minimum Gasteiger partial charge on any atom is -0.354 e. The van der Waals surface area contributed by atoms with E-state index in [-0.39, 0.29) is 0 Å². The molecule has 26 heavy (non-hydrogen) atoms. The summed E-state index contributed by atoms with van der Waals surface area (Å²) in [6.07, 6.45) is 4.51. The molecule has 136 valence electrons. The quantitative estimate of drug-likeness (QED) is 0.789. The maximum Gasteiger partial charge on any atom is 0.222 e. The van der Waals surface area contributed by atoms with Crippen molar-refractivity contribution >= 4 is 17.5 Å². The standard InChI is InChI=1S/C21H25ClN4/c1-14-9-17(21(14,2)3)11-19-16(12-23)13-25-20(26-19)24-8-7-15-5-4-6-18(22)10-15/h4-6,10,13-14,17H,7-9,11H2,1-3H3,(H,24,25,26)/t14-,17+/m1/s1. The van der Waals surface area contributed by atoms with Crippen LogP contribution in [0.3, 0.4) is 0 Å². The Morgan fingerprint density at radius 1 is 1.38 bits per heavy atom. The van der Waals surface area contributed by atoms with Gasteiger partial charge in [-0.05, 0) is 54.2 Å². The SMILES string of the molecule is C[C@@H]1C[C@@H](Cc2nc(NCCc3cccc(Cl)c3)ncc2C#N)C1(C)C. The summed E-state index contributed by atoms with van der Waals surface area (Å²) in [6, 6.07) is 10.1. The summed E-state index contributed by atoms with van der Waals surface area (Å²) in [5.74, 6) is 1.88. The van der Waals surface area contributed by atoms with Crippen LogP contribution >= 0.6 is 11.6 Å². The lowest BCUT2D eigenvalue weighted by atomic mass is 9.54. The van der Waals surface area contributed by atoms with Crippen LogP contribution in [0.2, 0.25) is 5.02 Å². The molecule has 1 aromatic heterocycles. The predicted octanol–water partition coefficient (Wildman–Crippen LogP) is 4.88. The Bertz CT molecular complexity index is 825. The van der Waals surface area contributed by atoms with E-state index in [2.05, 4.69) is 48.2 Å². The maximum atomic E-state index is 9.38. The van der Waals surface area contributed by atoms with Crippen molar-refractivity contribution in [2.45, 2.75) is 40.0 Å². The maximum absolute atomic E-state index is 9.38. The van der Waals surface area contributed by atoms with E-state index in [1.54, 1.807) is 6.20 Å². The topological polar surface area (TPSA) is 61.6 Å². The Balaban J connectivity index is 1.65. The first-order valence-electron chi connectivity index (χ1n) is 9.14. The zero-order valence-electron chi connectivity index (χ0n) is 15.6. The molecule has 1 aliphatic rings. The molecule has 0 aliphatic heterocycles. The molecule has 0 saturated heterocycles. The lowest BCUT2D eigenvalue weighted by Crippen LogP contribution is -2.44. The minimum atomic E-state index is 0.303. The van der Waals surface area contributed by atoms with Crippen LogP contribution in [0.1, 0.15) is 44.0 Å². The van der Waals surface area contributed by atoms with Crippen molar-refractivity contribution < 1.29 is 0 Å². The highest BCUT2D eigenvalue weighted by Gasteiger charge is 2.45.